The molecule has 1 aromatic carbocycles. The Balaban J connectivity index is 1.78. The molecule has 1 saturated carbocycles. The molecule has 1 fully saturated rings. The van der Waals surface area contributed by atoms with Gasteiger partial charge in [0.25, 0.3) is 0 Å². The smallest absolute Gasteiger partial charge is 0.157 e. The minimum atomic E-state index is 0.372. The molecule has 1 aliphatic rings. The molecule has 3 rings (SSSR count). The van der Waals surface area contributed by atoms with Gasteiger partial charge in [-0.05, 0) is 47.4 Å². The van der Waals surface area contributed by atoms with Crippen LogP contribution < -0.4 is 5.32 Å². The van der Waals surface area contributed by atoms with Crippen molar-refractivity contribution in [2.75, 3.05) is 13.1 Å². The molecule has 0 radical (unpaired) electrons. The van der Waals surface area contributed by atoms with Gasteiger partial charge in [-0.3, -0.25) is 0 Å². The van der Waals surface area contributed by atoms with Gasteiger partial charge >= 0.3 is 0 Å². The lowest BCUT2D eigenvalue weighted by molar-refractivity contribution is 0.448. The second kappa shape index (κ2) is 5.09. The maximum absolute atomic E-state index is 4.20. The van der Waals surface area contributed by atoms with Crippen LogP contribution in [0.25, 0.3) is 5.69 Å². The molecule has 0 bridgehead atoms. The minimum Gasteiger partial charge on any atom is -0.316 e. The van der Waals surface area contributed by atoms with Crippen LogP contribution in [0.4, 0.5) is 0 Å². The maximum atomic E-state index is 4.20. The Bertz CT molecular complexity index is 530. The van der Waals surface area contributed by atoms with Crippen LogP contribution in [0.3, 0.4) is 0 Å². The number of nitrogens with one attached hydrogen (secondary N) is 1. The number of nitrogens with zero attached hydrogens (tertiary/aromatic N) is 4. The predicted octanol–water partition coefficient (Wildman–Crippen LogP) is 1.59. The number of tetrazole rings is 1. The molecule has 0 spiro atoms. The molecule has 1 N–H and O–H groups in total. The summed E-state index contributed by atoms with van der Waals surface area (Å²) in [6, 6.07) is 10.1. The standard InChI is InChI=1S/C14H19N5/c1-2-15-11-14(8-9-14)10-13-16-17-18-19(13)12-6-4-3-5-7-12/h3-7,15H,2,8-11H2,1H3. The Kier molecular flexibility index (Phi) is 3.29. The van der Waals surface area contributed by atoms with Gasteiger partial charge in [0.2, 0.25) is 0 Å². The molecule has 5 nitrogen and oxygen atoms in total. The fourth-order valence-corrected chi connectivity index (χ4v) is 2.40. The fourth-order valence-electron chi connectivity index (χ4n) is 2.40. The lowest BCUT2D eigenvalue weighted by atomic mass is 10.0. The van der Waals surface area contributed by atoms with Crippen LogP contribution in [0.5, 0.6) is 0 Å². The first kappa shape index (κ1) is 12.3. The number of para-hydroxylation sites is 1. The first-order valence-electron chi connectivity index (χ1n) is 6.86. The highest BCUT2D eigenvalue weighted by atomic mass is 15.5. The Morgan fingerprint density at radius 2 is 2.05 bits per heavy atom. The molecule has 100 valence electrons. The molecule has 2 aromatic rings. The van der Waals surface area contributed by atoms with Crippen LogP contribution in [0, 0.1) is 5.41 Å². The van der Waals surface area contributed by atoms with Gasteiger partial charge < -0.3 is 5.32 Å². The summed E-state index contributed by atoms with van der Waals surface area (Å²) in [5.41, 5.74) is 1.40. The van der Waals surface area contributed by atoms with E-state index in [4.69, 9.17) is 0 Å². The third kappa shape index (κ3) is 2.66. The molecule has 0 unspecified atom stereocenters. The molecular formula is C14H19N5. The second-order valence-electron chi connectivity index (χ2n) is 5.30. The van der Waals surface area contributed by atoms with Gasteiger partial charge in [-0.15, -0.1) is 5.10 Å². The third-order valence-electron chi connectivity index (χ3n) is 3.78. The summed E-state index contributed by atoms with van der Waals surface area (Å²) in [7, 11) is 0. The van der Waals surface area contributed by atoms with Gasteiger partial charge in [-0.1, -0.05) is 25.1 Å². The second-order valence-corrected chi connectivity index (χ2v) is 5.30. The van der Waals surface area contributed by atoms with E-state index in [1.807, 2.05) is 35.0 Å². The van der Waals surface area contributed by atoms with Crippen molar-refractivity contribution in [3.05, 3.63) is 36.2 Å². The summed E-state index contributed by atoms with van der Waals surface area (Å²) >= 11 is 0. The van der Waals surface area contributed by atoms with E-state index >= 15 is 0 Å². The van der Waals surface area contributed by atoms with Crippen LogP contribution in [0.1, 0.15) is 25.6 Å². The number of hydrogen-bond acceptors (Lipinski definition) is 4. The Morgan fingerprint density at radius 3 is 2.74 bits per heavy atom. The molecule has 19 heavy (non-hydrogen) atoms. The average Bonchev–Trinajstić information content (AvgIpc) is 3.06. The number of benzene rings is 1. The first-order valence-corrected chi connectivity index (χ1v) is 6.86. The summed E-state index contributed by atoms with van der Waals surface area (Å²) in [6.45, 7) is 4.22. The normalized spacial score (nSPS) is 16.5. The molecule has 0 atom stereocenters. The quantitative estimate of drug-likeness (QED) is 0.854. The van der Waals surface area contributed by atoms with E-state index in [2.05, 4.69) is 27.8 Å². The summed E-state index contributed by atoms with van der Waals surface area (Å²) in [5.74, 6) is 0.960. The number of rotatable bonds is 6. The third-order valence-corrected chi connectivity index (χ3v) is 3.78. The Hall–Kier alpha value is -1.75. The molecule has 0 amide bonds. The Morgan fingerprint density at radius 1 is 1.26 bits per heavy atom. The van der Waals surface area contributed by atoms with Gasteiger partial charge in [-0.2, -0.15) is 4.68 Å². The zero-order chi connectivity index (χ0) is 13.1. The zero-order valence-corrected chi connectivity index (χ0v) is 11.2. The van der Waals surface area contributed by atoms with Crippen molar-refractivity contribution in [2.24, 2.45) is 5.41 Å². The SMILES string of the molecule is CCNCC1(Cc2nnnn2-c2ccccc2)CC1. The number of hydrogen-bond donors (Lipinski definition) is 1. The zero-order valence-electron chi connectivity index (χ0n) is 11.2. The molecule has 1 aliphatic carbocycles. The monoisotopic (exact) mass is 257 g/mol. The molecule has 1 heterocycles. The van der Waals surface area contributed by atoms with Crippen molar-refractivity contribution >= 4 is 0 Å². The van der Waals surface area contributed by atoms with Crippen LogP contribution in [0.15, 0.2) is 30.3 Å². The molecule has 1 aromatic heterocycles. The maximum Gasteiger partial charge on any atom is 0.157 e. The van der Waals surface area contributed by atoms with E-state index in [-0.39, 0.29) is 0 Å². The summed E-state index contributed by atoms with van der Waals surface area (Å²) in [6.07, 6.45) is 3.48. The molecule has 0 aliphatic heterocycles. The summed E-state index contributed by atoms with van der Waals surface area (Å²) < 4.78 is 1.85. The van der Waals surface area contributed by atoms with E-state index in [1.165, 1.54) is 12.8 Å². The molecule has 0 saturated heterocycles. The first-order chi connectivity index (χ1) is 9.33. The van der Waals surface area contributed by atoms with Crippen molar-refractivity contribution in [3.8, 4) is 5.69 Å². The van der Waals surface area contributed by atoms with E-state index in [1.54, 1.807) is 0 Å². The van der Waals surface area contributed by atoms with E-state index < -0.39 is 0 Å². The number of aromatic nitrogens is 4. The lowest BCUT2D eigenvalue weighted by Crippen LogP contribution is -2.26. The van der Waals surface area contributed by atoms with Gasteiger partial charge in [0.05, 0.1) is 5.69 Å². The highest BCUT2D eigenvalue weighted by molar-refractivity contribution is 5.30. The summed E-state index contributed by atoms with van der Waals surface area (Å²) in [4.78, 5) is 0. The van der Waals surface area contributed by atoms with E-state index in [0.717, 1.165) is 31.0 Å². The van der Waals surface area contributed by atoms with Crippen molar-refractivity contribution in [1.82, 2.24) is 25.5 Å². The van der Waals surface area contributed by atoms with Crippen molar-refractivity contribution in [2.45, 2.75) is 26.2 Å². The Labute approximate surface area is 113 Å². The van der Waals surface area contributed by atoms with Gasteiger partial charge in [-0.25, -0.2) is 0 Å². The lowest BCUT2D eigenvalue weighted by Gasteiger charge is -2.14. The topological polar surface area (TPSA) is 55.6 Å². The van der Waals surface area contributed by atoms with Crippen LogP contribution in [-0.4, -0.2) is 33.3 Å². The van der Waals surface area contributed by atoms with E-state index in [0.29, 0.717) is 5.41 Å². The largest absolute Gasteiger partial charge is 0.316 e. The van der Waals surface area contributed by atoms with Gasteiger partial charge in [0.1, 0.15) is 0 Å². The van der Waals surface area contributed by atoms with Crippen molar-refractivity contribution in [1.29, 1.82) is 0 Å². The fraction of sp³-hybridized carbons (Fsp3) is 0.500. The van der Waals surface area contributed by atoms with Crippen molar-refractivity contribution < 1.29 is 0 Å². The minimum absolute atomic E-state index is 0.372. The predicted molar refractivity (Wildman–Crippen MR) is 73.1 cm³/mol. The van der Waals surface area contributed by atoms with Gasteiger partial charge in [0.15, 0.2) is 5.82 Å². The average molecular weight is 257 g/mol. The van der Waals surface area contributed by atoms with Crippen LogP contribution in [-0.2, 0) is 6.42 Å². The van der Waals surface area contributed by atoms with Crippen molar-refractivity contribution in [3.63, 3.8) is 0 Å². The highest BCUT2D eigenvalue weighted by Crippen LogP contribution is 2.47. The van der Waals surface area contributed by atoms with Crippen LogP contribution in [0.2, 0.25) is 0 Å². The van der Waals surface area contributed by atoms with Gasteiger partial charge in [0, 0.05) is 13.0 Å². The van der Waals surface area contributed by atoms with Crippen LogP contribution >= 0.6 is 0 Å². The molecular weight excluding hydrogens is 238 g/mol. The van der Waals surface area contributed by atoms with E-state index in [9.17, 15) is 0 Å². The highest BCUT2D eigenvalue weighted by Gasteiger charge is 2.43. The molecule has 5 heteroatoms. The summed E-state index contributed by atoms with van der Waals surface area (Å²) in [5, 5.41) is 15.6.